The summed E-state index contributed by atoms with van der Waals surface area (Å²) in [5, 5.41) is 12.8. The first kappa shape index (κ1) is 12.6. The van der Waals surface area contributed by atoms with Crippen molar-refractivity contribution in [2.45, 2.75) is 13.3 Å². The maximum atomic E-state index is 11.9. The molecule has 96 valence electrons. The van der Waals surface area contributed by atoms with Crippen LogP contribution in [-0.4, -0.2) is 29.1 Å². The van der Waals surface area contributed by atoms with Crippen molar-refractivity contribution in [3.63, 3.8) is 0 Å². The SMILES string of the molecule is CC(CCO)CNC(=O)c1ccc2cc[nH]c2c1. The van der Waals surface area contributed by atoms with Crippen molar-refractivity contribution in [3.05, 3.63) is 36.0 Å². The van der Waals surface area contributed by atoms with E-state index in [1.54, 1.807) is 0 Å². The standard InChI is InChI=1S/C14H18N2O2/c1-10(5-7-17)9-16-14(18)12-3-2-11-4-6-15-13(11)8-12/h2-4,6,8,10,15,17H,5,7,9H2,1H3,(H,16,18). The Morgan fingerprint density at radius 2 is 2.28 bits per heavy atom. The second kappa shape index (κ2) is 5.69. The lowest BCUT2D eigenvalue weighted by atomic mass is 10.1. The minimum absolute atomic E-state index is 0.0729. The van der Waals surface area contributed by atoms with Gasteiger partial charge < -0.3 is 15.4 Å². The zero-order valence-corrected chi connectivity index (χ0v) is 10.4. The summed E-state index contributed by atoms with van der Waals surface area (Å²) >= 11 is 0. The van der Waals surface area contributed by atoms with E-state index in [0.717, 1.165) is 10.9 Å². The van der Waals surface area contributed by atoms with Gasteiger partial charge in [0.2, 0.25) is 0 Å². The lowest BCUT2D eigenvalue weighted by Gasteiger charge is -2.11. The molecule has 0 saturated heterocycles. The van der Waals surface area contributed by atoms with E-state index in [1.807, 2.05) is 37.4 Å². The number of benzene rings is 1. The molecule has 0 bridgehead atoms. The number of aromatic nitrogens is 1. The molecular weight excluding hydrogens is 228 g/mol. The second-order valence-electron chi connectivity index (χ2n) is 4.61. The molecule has 0 fully saturated rings. The van der Waals surface area contributed by atoms with Gasteiger partial charge in [0.25, 0.3) is 5.91 Å². The van der Waals surface area contributed by atoms with E-state index < -0.39 is 0 Å². The van der Waals surface area contributed by atoms with E-state index in [0.29, 0.717) is 18.5 Å². The molecule has 0 aliphatic carbocycles. The van der Waals surface area contributed by atoms with Crippen molar-refractivity contribution in [1.29, 1.82) is 0 Å². The van der Waals surface area contributed by atoms with Gasteiger partial charge >= 0.3 is 0 Å². The number of amides is 1. The molecule has 0 radical (unpaired) electrons. The summed E-state index contributed by atoms with van der Waals surface area (Å²) in [5.74, 6) is 0.212. The molecule has 2 rings (SSSR count). The maximum Gasteiger partial charge on any atom is 0.251 e. The number of nitrogens with one attached hydrogen (secondary N) is 2. The van der Waals surface area contributed by atoms with Gasteiger partial charge in [-0.15, -0.1) is 0 Å². The predicted molar refractivity (Wildman–Crippen MR) is 71.5 cm³/mol. The Bertz CT molecular complexity index is 533. The lowest BCUT2D eigenvalue weighted by Crippen LogP contribution is -2.28. The molecular formula is C14H18N2O2. The lowest BCUT2D eigenvalue weighted by molar-refractivity contribution is 0.0945. The smallest absolute Gasteiger partial charge is 0.251 e. The molecule has 1 aromatic heterocycles. The summed E-state index contributed by atoms with van der Waals surface area (Å²) in [4.78, 5) is 15.0. The summed E-state index contributed by atoms with van der Waals surface area (Å²) in [7, 11) is 0. The third kappa shape index (κ3) is 2.90. The largest absolute Gasteiger partial charge is 0.396 e. The van der Waals surface area contributed by atoms with Crippen LogP contribution >= 0.6 is 0 Å². The number of carbonyl (C=O) groups is 1. The maximum absolute atomic E-state index is 11.9. The van der Waals surface area contributed by atoms with Crippen LogP contribution in [0.25, 0.3) is 10.9 Å². The second-order valence-corrected chi connectivity index (χ2v) is 4.61. The van der Waals surface area contributed by atoms with Crippen molar-refractivity contribution >= 4 is 16.8 Å². The highest BCUT2D eigenvalue weighted by Crippen LogP contribution is 2.14. The molecule has 0 aliphatic rings. The molecule has 18 heavy (non-hydrogen) atoms. The quantitative estimate of drug-likeness (QED) is 0.754. The molecule has 1 heterocycles. The van der Waals surface area contributed by atoms with E-state index >= 15 is 0 Å². The molecule has 2 aromatic rings. The molecule has 1 atom stereocenters. The highest BCUT2D eigenvalue weighted by molar-refractivity contribution is 5.97. The Morgan fingerprint density at radius 3 is 3.06 bits per heavy atom. The Labute approximate surface area is 106 Å². The monoisotopic (exact) mass is 246 g/mol. The van der Waals surface area contributed by atoms with E-state index in [9.17, 15) is 4.79 Å². The number of hydrogen-bond acceptors (Lipinski definition) is 2. The number of aliphatic hydroxyl groups excluding tert-OH is 1. The fourth-order valence-corrected chi connectivity index (χ4v) is 1.88. The number of hydrogen-bond donors (Lipinski definition) is 3. The van der Waals surface area contributed by atoms with E-state index in [4.69, 9.17) is 5.11 Å². The third-order valence-electron chi connectivity index (χ3n) is 3.05. The van der Waals surface area contributed by atoms with E-state index in [-0.39, 0.29) is 18.4 Å². The first-order valence-electron chi connectivity index (χ1n) is 6.17. The summed E-state index contributed by atoms with van der Waals surface area (Å²) in [6, 6.07) is 7.57. The molecule has 3 N–H and O–H groups in total. The van der Waals surface area contributed by atoms with E-state index in [2.05, 4.69) is 10.3 Å². The fourth-order valence-electron chi connectivity index (χ4n) is 1.88. The van der Waals surface area contributed by atoms with Crippen LogP contribution in [0.15, 0.2) is 30.5 Å². The van der Waals surface area contributed by atoms with Gasteiger partial charge in [-0.25, -0.2) is 0 Å². The number of fused-ring (bicyclic) bond motifs is 1. The summed E-state index contributed by atoms with van der Waals surface area (Å²) < 4.78 is 0. The highest BCUT2D eigenvalue weighted by Gasteiger charge is 2.08. The molecule has 4 nitrogen and oxygen atoms in total. The van der Waals surface area contributed by atoms with E-state index in [1.165, 1.54) is 0 Å². The summed E-state index contributed by atoms with van der Waals surface area (Å²) in [6.07, 6.45) is 2.56. The van der Waals surface area contributed by atoms with Gasteiger partial charge in [-0.3, -0.25) is 4.79 Å². The van der Waals surface area contributed by atoms with Crippen LogP contribution in [0.5, 0.6) is 0 Å². The van der Waals surface area contributed by atoms with Crippen LogP contribution in [0.3, 0.4) is 0 Å². The van der Waals surface area contributed by atoms with Gasteiger partial charge in [0, 0.05) is 30.4 Å². The number of aliphatic hydroxyl groups is 1. The molecule has 4 heteroatoms. The minimum Gasteiger partial charge on any atom is -0.396 e. The average Bonchev–Trinajstić information content (AvgIpc) is 2.83. The number of carbonyl (C=O) groups excluding carboxylic acids is 1. The van der Waals surface area contributed by atoms with Crippen molar-refractivity contribution in [2.75, 3.05) is 13.2 Å². The number of rotatable bonds is 5. The molecule has 1 aromatic carbocycles. The number of H-pyrrole nitrogens is 1. The Morgan fingerprint density at radius 1 is 1.44 bits per heavy atom. The van der Waals surface area contributed by atoms with Crippen molar-refractivity contribution in [1.82, 2.24) is 10.3 Å². The van der Waals surface area contributed by atoms with Crippen LogP contribution in [0.2, 0.25) is 0 Å². The van der Waals surface area contributed by atoms with Crippen molar-refractivity contribution in [3.8, 4) is 0 Å². The molecule has 0 aliphatic heterocycles. The third-order valence-corrected chi connectivity index (χ3v) is 3.05. The zero-order valence-electron chi connectivity index (χ0n) is 10.4. The van der Waals surface area contributed by atoms with Gasteiger partial charge in [0.1, 0.15) is 0 Å². The normalized spacial score (nSPS) is 12.6. The highest BCUT2D eigenvalue weighted by atomic mass is 16.3. The van der Waals surface area contributed by atoms with Gasteiger partial charge in [0.05, 0.1) is 0 Å². The predicted octanol–water partition coefficient (Wildman–Crippen LogP) is 1.92. The van der Waals surface area contributed by atoms with Crippen LogP contribution in [-0.2, 0) is 0 Å². The first-order valence-corrected chi connectivity index (χ1v) is 6.17. The topological polar surface area (TPSA) is 65.1 Å². The minimum atomic E-state index is -0.0729. The Hall–Kier alpha value is -1.81. The molecule has 1 amide bonds. The van der Waals surface area contributed by atoms with Gasteiger partial charge in [-0.2, -0.15) is 0 Å². The van der Waals surface area contributed by atoms with Crippen LogP contribution in [0, 0.1) is 5.92 Å². The van der Waals surface area contributed by atoms with Gasteiger partial charge in [-0.1, -0.05) is 13.0 Å². The average molecular weight is 246 g/mol. The molecule has 0 spiro atoms. The first-order chi connectivity index (χ1) is 8.70. The molecule has 1 unspecified atom stereocenters. The van der Waals surface area contributed by atoms with Crippen molar-refractivity contribution in [2.24, 2.45) is 5.92 Å². The van der Waals surface area contributed by atoms with Gasteiger partial charge in [-0.05, 0) is 35.9 Å². The Balaban J connectivity index is 1.99. The zero-order chi connectivity index (χ0) is 13.0. The summed E-state index contributed by atoms with van der Waals surface area (Å²) in [6.45, 7) is 2.75. The van der Waals surface area contributed by atoms with Crippen molar-refractivity contribution < 1.29 is 9.90 Å². The van der Waals surface area contributed by atoms with Crippen LogP contribution < -0.4 is 5.32 Å². The number of aromatic amines is 1. The summed E-state index contributed by atoms with van der Waals surface area (Å²) in [5.41, 5.74) is 1.62. The fraction of sp³-hybridized carbons (Fsp3) is 0.357. The van der Waals surface area contributed by atoms with Crippen LogP contribution in [0.4, 0.5) is 0 Å². The molecule has 0 saturated carbocycles. The Kier molecular flexibility index (Phi) is 3.99. The van der Waals surface area contributed by atoms with Crippen LogP contribution in [0.1, 0.15) is 23.7 Å². The van der Waals surface area contributed by atoms with Gasteiger partial charge in [0.15, 0.2) is 0 Å².